The first-order chi connectivity index (χ1) is 8.10. The summed E-state index contributed by atoms with van der Waals surface area (Å²) in [6.07, 6.45) is 13.4. The first-order valence-corrected chi connectivity index (χ1v) is 9.74. The van der Waals surface area contributed by atoms with Crippen LogP contribution in [-0.2, 0) is 0 Å². The van der Waals surface area contributed by atoms with Gasteiger partial charge in [-0.15, -0.1) is 0 Å². The van der Waals surface area contributed by atoms with Crippen molar-refractivity contribution in [1.29, 1.82) is 0 Å². The number of hydrogen-bond acceptors (Lipinski definition) is 1. The highest BCUT2D eigenvalue weighted by Gasteiger charge is 2.34. The highest BCUT2D eigenvalue weighted by atomic mass is 127. The molecule has 1 nitrogen and oxygen atoms in total. The third-order valence-electron chi connectivity index (χ3n) is 3.51. The lowest BCUT2D eigenvalue weighted by atomic mass is 10.4. The first kappa shape index (κ1) is 21.2. The molecule has 18 heavy (non-hydrogen) atoms. The lowest BCUT2D eigenvalue weighted by molar-refractivity contribution is -0.00000398. The lowest BCUT2D eigenvalue weighted by Gasteiger charge is -2.28. The molecule has 0 aromatic rings. The number of hydrogen-bond donors (Lipinski definition) is 0. The van der Waals surface area contributed by atoms with Crippen molar-refractivity contribution in [2.45, 2.75) is 39.5 Å². The van der Waals surface area contributed by atoms with Gasteiger partial charge in [-0.3, -0.25) is 0 Å². The van der Waals surface area contributed by atoms with Gasteiger partial charge < -0.3 is 28.9 Å². The molecule has 0 aliphatic rings. The number of allylic oxidation sites excluding steroid dienone is 1. The molecule has 0 aliphatic heterocycles. The Bertz CT molecular complexity index is 187. The van der Waals surface area contributed by atoms with Crippen LogP contribution in [0.1, 0.15) is 39.5 Å². The number of nitrogens with zero attached hydrogens (tertiary/aromatic N) is 1. The van der Waals surface area contributed by atoms with Gasteiger partial charge in [0.2, 0.25) is 0 Å². The molecule has 0 spiro atoms. The summed E-state index contributed by atoms with van der Waals surface area (Å²) >= 11 is 0. The van der Waals surface area contributed by atoms with Crippen LogP contribution in [0.25, 0.3) is 0 Å². The van der Waals surface area contributed by atoms with Gasteiger partial charge in [-0.2, -0.15) is 0 Å². The molecule has 0 rings (SSSR count). The van der Waals surface area contributed by atoms with Crippen molar-refractivity contribution in [1.82, 2.24) is 4.90 Å². The Hall–Kier alpha value is 0.860. The maximum atomic E-state index is 4.00. The molecule has 0 radical (unpaired) electrons. The van der Waals surface area contributed by atoms with E-state index in [1.807, 2.05) is 0 Å². The summed E-state index contributed by atoms with van der Waals surface area (Å²) in [5.41, 5.74) is 0. The molecule has 0 atom stereocenters. The maximum absolute atomic E-state index is 4.00. The summed E-state index contributed by atoms with van der Waals surface area (Å²) in [7, 11) is 3.65. The molecule has 0 fully saturated rings. The minimum atomic E-state index is -0.743. The van der Waals surface area contributed by atoms with E-state index in [-0.39, 0.29) is 24.0 Å². The fourth-order valence-corrected chi connectivity index (χ4v) is 6.85. The topological polar surface area (TPSA) is 3.24 Å². The predicted octanol–water partition coefficient (Wildman–Crippen LogP) is 1.36. The molecule has 3 heteroatoms. The Kier molecular flexibility index (Phi) is 15.1. The molecule has 0 amide bonds. The average Bonchev–Trinajstić information content (AvgIpc) is 2.31. The van der Waals surface area contributed by atoms with Crippen LogP contribution in [0.5, 0.6) is 0 Å². The second-order valence-electron chi connectivity index (χ2n) is 5.49. The van der Waals surface area contributed by atoms with Crippen molar-refractivity contribution in [3.8, 4) is 0 Å². The van der Waals surface area contributed by atoms with E-state index in [1.54, 1.807) is 0 Å². The molecule has 0 aromatic heterocycles. The van der Waals surface area contributed by atoms with Crippen molar-refractivity contribution >= 4 is 7.26 Å². The SMILES string of the molecule is C=CC[P+](CCCC)(CCCC)CCN(C)C.[I-]. The fraction of sp³-hybridized carbons (Fsp3) is 0.867. The van der Waals surface area contributed by atoms with Crippen LogP contribution >= 0.6 is 7.26 Å². The van der Waals surface area contributed by atoms with Crippen LogP contribution in [0.15, 0.2) is 12.7 Å². The van der Waals surface area contributed by atoms with Gasteiger partial charge in [0.1, 0.15) is 0 Å². The molecule has 0 aliphatic carbocycles. The molecule has 0 unspecified atom stereocenters. The van der Waals surface area contributed by atoms with Gasteiger partial charge in [0, 0.05) is 13.8 Å². The van der Waals surface area contributed by atoms with E-state index < -0.39 is 7.26 Å². The Morgan fingerprint density at radius 1 is 1.00 bits per heavy atom. The van der Waals surface area contributed by atoms with Crippen molar-refractivity contribution in [2.75, 3.05) is 45.3 Å². The highest BCUT2D eigenvalue weighted by Crippen LogP contribution is 2.59. The van der Waals surface area contributed by atoms with Gasteiger partial charge in [-0.05, 0) is 26.9 Å². The molecular weight excluding hydrogens is 352 g/mol. The van der Waals surface area contributed by atoms with E-state index in [2.05, 4.69) is 45.5 Å². The molecule has 0 heterocycles. The monoisotopic (exact) mass is 385 g/mol. The van der Waals surface area contributed by atoms with Crippen LogP contribution in [0.2, 0.25) is 0 Å². The second-order valence-corrected chi connectivity index (χ2v) is 9.88. The van der Waals surface area contributed by atoms with Crippen molar-refractivity contribution in [2.24, 2.45) is 0 Å². The van der Waals surface area contributed by atoms with Crippen molar-refractivity contribution < 1.29 is 24.0 Å². The zero-order valence-electron chi connectivity index (χ0n) is 12.9. The average molecular weight is 385 g/mol. The Morgan fingerprint density at radius 3 is 1.83 bits per heavy atom. The summed E-state index contributed by atoms with van der Waals surface area (Å²) < 4.78 is 0. The minimum Gasteiger partial charge on any atom is -1.00 e. The van der Waals surface area contributed by atoms with Crippen LogP contribution in [0.4, 0.5) is 0 Å². The number of unbranched alkanes of at least 4 members (excludes halogenated alkanes) is 2. The van der Waals surface area contributed by atoms with E-state index in [4.69, 9.17) is 0 Å². The fourth-order valence-electron chi connectivity index (χ4n) is 2.28. The lowest BCUT2D eigenvalue weighted by Crippen LogP contribution is -3.00. The van der Waals surface area contributed by atoms with E-state index in [0.717, 1.165) is 0 Å². The Morgan fingerprint density at radius 2 is 1.50 bits per heavy atom. The predicted molar refractivity (Wildman–Crippen MR) is 85.0 cm³/mol. The smallest absolute Gasteiger partial charge is 0.0771 e. The normalized spacial score (nSPS) is 11.4. The van der Waals surface area contributed by atoms with Gasteiger partial charge in [0.15, 0.2) is 0 Å². The van der Waals surface area contributed by atoms with E-state index in [0.29, 0.717) is 0 Å². The van der Waals surface area contributed by atoms with Crippen LogP contribution in [0, 0.1) is 0 Å². The molecule has 0 saturated heterocycles. The summed E-state index contributed by atoms with van der Waals surface area (Å²) in [6, 6.07) is 0. The molecule has 0 saturated carbocycles. The number of rotatable bonds is 11. The molecule has 110 valence electrons. The number of halogens is 1. The Balaban J connectivity index is 0. The quantitative estimate of drug-likeness (QED) is 0.295. The molecule has 0 aromatic carbocycles. The standard InChI is InChI=1S/C15H33NP.HI/c1-6-9-13-17(12-8-3,14-10-7-2)15-11-16(4)5;/h8H,3,6-7,9-15H2,1-2,4-5H3;1H/q+1;/p-1. The van der Waals surface area contributed by atoms with Crippen molar-refractivity contribution in [3.63, 3.8) is 0 Å². The first-order valence-electron chi connectivity index (χ1n) is 7.21. The van der Waals surface area contributed by atoms with Crippen LogP contribution in [-0.4, -0.2) is 50.2 Å². The highest BCUT2D eigenvalue weighted by molar-refractivity contribution is 7.76. The molecular formula is C15H33INP. The van der Waals surface area contributed by atoms with Crippen LogP contribution in [0.3, 0.4) is 0 Å². The van der Waals surface area contributed by atoms with E-state index in [9.17, 15) is 0 Å². The van der Waals surface area contributed by atoms with Crippen molar-refractivity contribution in [3.05, 3.63) is 12.7 Å². The zero-order chi connectivity index (χ0) is 13.1. The zero-order valence-corrected chi connectivity index (χ0v) is 16.0. The second kappa shape index (κ2) is 12.9. The largest absolute Gasteiger partial charge is 1.00 e. The summed E-state index contributed by atoms with van der Waals surface area (Å²) in [5.74, 6) is 0. The Labute approximate surface area is 133 Å². The van der Waals surface area contributed by atoms with Gasteiger partial charge in [-0.1, -0.05) is 39.3 Å². The van der Waals surface area contributed by atoms with E-state index in [1.165, 1.54) is 56.9 Å². The third kappa shape index (κ3) is 9.75. The van der Waals surface area contributed by atoms with Crippen LogP contribution < -0.4 is 24.0 Å². The third-order valence-corrected chi connectivity index (χ3v) is 8.22. The van der Waals surface area contributed by atoms with Gasteiger partial charge >= 0.3 is 0 Å². The maximum Gasteiger partial charge on any atom is 0.0771 e. The molecule has 0 bridgehead atoms. The van der Waals surface area contributed by atoms with Gasteiger partial charge in [-0.25, -0.2) is 0 Å². The summed E-state index contributed by atoms with van der Waals surface area (Å²) in [4.78, 5) is 2.34. The summed E-state index contributed by atoms with van der Waals surface area (Å²) in [6.45, 7) is 9.89. The summed E-state index contributed by atoms with van der Waals surface area (Å²) in [5, 5.41) is 0. The van der Waals surface area contributed by atoms with Gasteiger partial charge in [0.25, 0.3) is 0 Å². The molecule has 0 N–H and O–H groups in total. The minimum absolute atomic E-state index is 0. The van der Waals surface area contributed by atoms with Gasteiger partial charge in [0.05, 0.1) is 24.6 Å². The van der Waals surface area contributed by atoms with E-state index >= 15 is 0 Å².